The van der Waals surface area contributed by atoms with Crippen LogP contribution in [0.5, 0.6) is 0 Å². The fraction of sp³-hybridized carbons (Fsp3) is 0.400. The van der Waals surface area contributed by atoms with Gasteiger partial charge in [-0.1, -0.05) is 18.3 Å². The highest BCUT2D eigenvalue weighted by molar-refractivity contribution is 7.17. The summed E-state index contributed by atoms with van der Waals surface area (Å²) < 4.78 is 0. The number of aromatic nitrogens is 3. The second-order valence-corrected chi connectivity index (χ2v) is 8.11. The number of hydrogen-bond donors (Lipinski definition) is 2. The molecule has 0 atom stereocenters. The van der Waals surface area contributed by atoms with Crippen LogP contribution in [0.4, 0.5) is 5.00 Å². The molecule has 0 aromatic carbocycles. The first-order valence-corrected chi connectivity index (χ1v) is 10.5. The van der Waals surface area contributed by atoms with Gasteiger partial charge in [-0.2, -0.15) is 0 Å². The lowest BCUT2D eigenvalue weighted by molar-refractivity contribution is 0.0962. The van der Waals surface area contributed by atoms with E-state index in [1.807, 2.05) is 25.3 Å². The highest BCUT2D eigenvalue weighted by atomic mass is 32.1. The first-order valence-electron chi connectivity index (χ1n) is 9.73. The zero-order valence-corrected chi connectivity index (χ0v) is 17.4. The number of carbonyl (C=O) groups is 1. The van der Waals surface area contributed by atoms with E-state index in [0.29, 0.717) is 11.4 Å². The number of hydrogen-bond acceptors (Lipinski definition) is 7. The number of piperazine rings is 1. The van der Waals surface area contributed by atoms with Gasteiger partial charge < -0.3 is 15.2 Å². The molecule has 1 aliphatic rings. The maximum absolute atomic E-state index is 12.1. The Labute approximate surface area is 172 Å². The lowest BCUT2D eigenvalue weighted by atomic mass is 10.1. The van der Waals surface area contributed by atoms with E-state index in [0.717, 1.165) is 59.9 Å². The van der Waals surface area contributed by atoms with E-state index < -0.39 is 0 Å². The van der Waals surface area contributed by atoms with Crippen LogP contribution in [0.15, 0.2) is 29.3 Å². The van der Waals surface area contributed by atoms with Crippen LogP contribution >= 0.6 is 11.3 Å². The molecule has 0 radical (unpaired) electrons. The number of H-pyrrole nitrogens is 1. The first-order chi connectivity index (χ1) is 14.1. The molecule has 0 unspecified atom stereocenters. The Bertz CT molecular complexity index is 1080. The standard InChI is InChI=1S/C20H24N6O2S/c1-3-14-9-15-16(24-18(14)27)8-13(10-22-15)12-25-4-6-26(7-5-25)17-11-23-20(29-17)19(28)21-2/h8-11H,3-7,12H2,1-2H3,(H,21,28)(H,24,27). The molecule has 0 bridgehead atoms. The first kappa shape index (κ1) is 19.5. The molecule has 1 saturated heterocycles. The summed E-state index contributed by atoms with van der Waals surface area (Å²) in [5.41, 5.74) is 3.43. The number of thiazole rings is 1. The van der Waals surface area contributed by atoms with Gasteiger partial charge in [0.2, 0.25) is 0 Å². The summed E-state index contributed by atoms with van der Waals surface area (Å²) in [5.74, 6) is -0.146. The van der Waals surface area contributed by atoms with Crippen molar-refractivity contribution in [1.82, 2.24) is 25.2 Å². The van der Waals surface area contributed by atoms with Gasteiger partial charge in [-0.05, 0) is 24.1 Å². The molecule has 0 saturated carbocycles. The minimum absolute atomic E-state index is 0.0340. The van der Waals surface area contributed by atoms with Crippen LogP contribution in [0.1, 0.15) is 27.9 Å². The van der Waals surface area contributed by atoms with Crippen LogP contribution in [0.3, 0.4) is 0 Å². The van der Waals surface area contributed by atoms with Crippen LogP contribution in [-0.2, 0) is 13.0 Å². The molecule has 4 heterocycles. The minimum atomic E-state index is -0.146. The summed E-state index contributed by atoms with van der Waals surface area (Å²) in [7, 11) is 1.61. The van der Waals surface area contributed by atoms with Crippen LogP contribution < -0.4 is 15.8 Å². The van der Waals surface area contributed by atoms with Gasteiger partial charge in [-0.3, -0.25) is 19.5 Å². The van der Waals surface area contributed by atoms with Crippen LogP contribution in [0, 0.1) is 0 Å². The number of anilines is 1. The van der Waals surface area contributed by atoms with Crippen molar-refractivity contribution in [2.24, 2.45) is 0 Å². The van der Waals surface area contributed by atoms with Crippen molar-refractivity contribution in [3.8, 4) is 0 Å². The second kappa shape index (κ2) is 8.30. The molecule has 29 heavy (non-hydrogen) atoms. The fourth-order valence-corrected chi connectivity index (χ4v) is 4.44. The molecule has 1 aliphatic heterocycles. The van der Waals surface area contributed by atoms with Crippen molar-refractivity contribution < 1.29 is 4.79 Å². The predicted molar refractivity (Wildman–Crippen MR) is 115 cm³/mol. The molecular weight excluding hydrogens is 388 g/mol. The Morgan fingerprint density at radius 3 is 2.72 bits per heavy atom. The van der Waals surface area contributed by atoms with E-state index in [9.17, 15) is 9.59 Å². The Hall–Kier alpha value is -2.78. The monoisotopic (exact) mass is 412 g/mol. The lowest BCUT2D eigenvalue weighted by Gasteiger charge is -2.35. The van der Waals surface area contributed by atoms with Crippen LogP contribution in [-0.4, -0.2) is 59.0 Å². The number of pyridine rings is 2. The van der Waals surface area contributed by atoms with Crippen molar-refractivity contribution in [3.63, 3.8) is 0 Å². The minimum Gasteiger partial charge on any atom is -0.360 e. The molecule has 3 aromatic rings. The molecule has 152 valence electrons. The highest BCUT2D eigenvalue weighted by Gasteiger charge is 2.20. The zero-order chi connectivity index (χ0) is 20.4. The van der Waals surface area contributed by atoms with Gasteiger partial charge in [-0.15, -0.1) is 0 Å². The van der Waals surface area contributed by atoms with E-state index >= 15 is 0 Å². The van der Waals surface area contributed by atoms with Crippen LogP contribution in [0.25, 0.3) is 11.0 Å². The number of aromatic amines is 1. The van der Waals surface area contributed by atoms with Crippen molar-refractivity contribution in [1.29, 1.82) is 0 Å². The number of rotatable bonds is 5. The quantitative estimate of drug-likeness (QED) is 0.661. The molecule has 9 heteroatoms. The third-order valence-corrected chi connectivity index (χ3v) is 6.27. The largest absolute Gasteiger partial charge is 0.360 e. The van der Waals surface area contributed by atoms with Crippen molar-refractivity contribution in [2.75, 3.05) is 38.1 Å². The maximum Gasteiger partial charge on any atom is 0.280 e. The highest BCUT2D eigenvalue weighted by Crippen LogP contribution is 2.25. The number of amides is 1. The average molecular weight is 413 g/mol. The molecule has 0 spiro atoms. The Balaban J connectivity index is 1.40. The van der Waals surface area contributed by atoms with Gasteiger partial charge in [0.1, 0.15) is 5.00 Å². The van der Waals surface area contributed by atoms with E-state index in [1.54, 1.807) is 13.2 Å². The number of carbonyl (C=O) groups excluding carboxylic acids is 1. The number of nitrogens with zero attached hydrogens (tertiary/aromatic N) is 4. The van der Waals surface area contributed by atoms with Gasteiger partial charge in [-0.25, -0.2) is 4.98 Å². The second-order valence-electron chi connectivity index (χ2n) is 7.10. The number of aryl methyl sites for hydroxylation is 1. The molecule has 8 nitrogen and oxygen atoms in total. The van der Waals surface area contributed by atoms with Crippen LogP contribution in [0.2, 0.25) is 0 Å². The topological polar surface area (TPSA) is 94.2 Å². The molecule has 3 aromatic heterocycles. The third-order valence-electron chi connectivity index (χ3n) is 5.21. The molecular formula is C20H24N6O2S. The maximum atomic E-state index is 12.1. The molecule has 1 amide bonds. The molecule has 4 rings (SSSR count). The predicted octanol–water partition coefficient (Wildman–Crippen LogP) is 1.62. The van der Waals surface area contributed by atoms with E-state index in [-0.39, 0.29) is 11.5 Å². The Kier molecular flexibility index (Phi) is 5.59. The number of fused-ring (bicyclic) bond motifs is 1. The summed E-state index contributed by atoms with van der Waals surface area (Å²) >= 11 is 1.42. The fourth-order valence-electron chi connectivity index (χ4n) is 3.52. The van der Waals surface area contributed by atoms with Crippen molar-refractivity contribution in [2.45, 2.75) is 19.9 Å². The van der Waals surface area contributed by atoms with Gasteiger partial charge >= 0.3 is 0 Å². The van der Waals surface area contributed by atoms with E-state index in [4.69, 9.17) is 0 Å². The number of nitrogens with one attached hydrogen (secondary N) is 2. The smallest absolute Gasteiger partial charge is 0.280 e. The van der Waals surface area contributed by atoms with E-state index in [2.05, 4.69) is 30.1 Å². The van der Waals surface area contributed by atoms with Gasteiger partial charge in [0.15, 0.2) is 5.01 Å². The van der Waals surface area contributed by atoms with Crippen molar-refractivity contribution in [3.05, 3.63) is 51.0 Å². The lowest BCUT2D eigenvalue weighted by Crippen LogP contribution is -2.45. The van der Waals surface area contributed by atoms with Gasteiger partial charge in [0, 0.05) is 51.5 Å². The summed E-state index contributed by atoms with van der Waals surface area (Å²) in [6.07, 6.45) is 4.37. The average Bonchev–Trinajstić information content (AvgIpc) is 3.23. The zero-order valence-electron chi connectivity index (χ0n) is 16.6. The Morgan fingerprint density at radius 1 is 1.21 bits per heavy atom. The summed E-state index contributed by atoms with van der Waals surface area (Å²) in [6.45, 7) is 6.35. The summed E-state index contributed by atoms with van der Waals surface area (Å²) in [4.78, 5) is 40.1. The van der Waals surface area contributed by atoms with Crippen molar-refractivity contribution >= 4 is 33.3 Å². The molecule has 0 aliphatic carbocycles. The van der Waals surface area contributed by atoms with E-state index in [1.165, 1.54) is 11.3 Å². The SMILES string of the molecule is CCc1cc2ncc(CN3CCN(c4cnc(C(=O)NC)s4)CC3)cc2[nH]c1=O. The van der Waals surface area contributed by atoms with Gasteiger partial charge in [0.05, 0.1) is 17.2 Å². The van der Waals surface area contributed by atoms with Gasteiger partial charge in [0.25, 0.3) is 11.5 Å². The molecule has 1 fully saturated rings. The Morgan fingerprint density at radius 2 is 2.00 bits per heavy atom. The summed E-state index contributed by atoms with van der Waals surface area (Å²) in [5, 5.41) is 4.13. The molecule has 2 N–H and O–H groups in total. The summed E-state index contributed by atoms with van der Waals surface area (Å²) in [6, 6.07) is 3.90. The third kappa shape index (κ3) is 4.15. The normalized spacial score (nSPS) is 15.0.